The third kappa shape index (κ3) is 3.62. The average molecular weight is 385 g/mol. The number of fused-ring (bicyclic) bond motifs is 1. The topological polar surface area (TPSA) is 56.6 Å². The number of aromatic amines is 1. The molecular formula is C21H18Cl2N2O. The number of pyridine rings is 1. The Labute approximate surface area is 162 Å². The molecule has 5 heteroatoms. The SMILES string of the molecule is CCc1cc2ccc(C(C)(C#N)Cc3cc(Cl)cc(Cl)c3)cc2[nH]c1=O. The zero-order valence-corrected chi connectivity index (χ0v) is 16.1. The van der Waals surface area contributed by atoms with Gasteiger partial charge in [-0.25, -0.2) is 0 Å². The normalized spacial score (nSPS) is 13.3. The second-order valence-corrected chi connectivity index (χ2v) is 7.55. The lowest BCUT2D eigenvalue weighted by molar-refractivity contribution is 0.607. The minimum atomic E-state index is -0.775. The number of halogens is 2. The van der Waals surface area contributed by atoms with E-state index in [0.29, 0.717) is 22.9 Å². The molecule has 3 aromatic rings. The maximum atomic E-state index is 12.1. The van der Waals surface area contributed by atoms with Crippen LogP contribution in [0.5, 0.6) is 0 Å². The molecule has 1 N–H and O–H groups in total. The number of aromatic nitrogens is 1. The van der Waals surface area contributed by atoms with E-state index < -0.39 is 5.41 Å². The van der Waals surface area contributed by atoms with Gasteiger partial charge in [-0.2, -0.15) is 5.26 Å². The third-order valence-corrected chi connectivity index (χ3v) is 5.10. The molecular weight excluding hydrogens is 367 g/mol. The van der Waals surface area contributed by atoms with Gasteiger partial charge in [-0.15, -0.1) is 0 Å². The van der Waals surface area contributed by atoms with Crippen molar-refractivity contribution < 1.29 is 0 Å². The van der Waals surface area contributed by atoms with Gasteiger partial charge in [0.05, 0.1) is 11.5 Å². The molecule has 1 unspecified atom stereocenters. The Morgan fingerprint density at radius 2 is 1.81 bits per heavy atom. The van der Waals surface area contributed by atoms with Crippen LogP contribution < -0.4 is 5.56 Å². The van der Waals surface area contributed by atoms with Gasteiger partial charge >= 0.3 is 0 Å². The molecule has 0 saturated heterocycles. The van der Waals surface area contributed by atoms with Crippen molar-refractivity contribution in [3.05, 3.63) is 79.6 Å². The maximum absolute atomic E-state index is 12.1. The number of hydrogen-bond acceptors (Lipinski definition) is 2. The molecule has 0 radical (unpaired) electrons. The van der Waals surface area contributed by atoms with E-state index in [1.54, 1.807) is 6.07 Å². The first kappa shape index (κ1) is 18.5. The molecule has 3 rings (SSSR count). The Bertz CT molecular complexity index is 1060. The van der Waals surface area contributed by atoms with Gasteiger partial charge in [-0.1, -0.05) is 42.3 Å². The monoisotopic (exact) mass is 384 g/mol. The summed E-state index contributed by atoms with van der Waals surface area (Å²) in [6, 6.07) is 15.4. The molecule has 3 nitrogen and oxygen atoms in total. The quantitative estimate of drug-likeness (QED) is 0.652. The molecule has 1 aromatic heterocycles. The summed E-state index contributed by atoms with van der Waals surface area (Å²) in [7, 11) is 0. The van der Waals surface area contributed by atoms with Gasteiger partial charge in [0.2, 0.25) is 0 Å². The number of H-pyrrole nitrogens is 1. The molecule has 2 aromatic carbocycles. The van der Waals surface area contributed by atoms with Crippen LogP contribution in [0.25, 0.3) is 10.9 Å². The summed E-state index contributed by atoms with van der Waals surface area (Å²) in [5.74, 6) is 0. The molecule has 26 heavy (non-hydrogen) atoms. The fourth-order valence-electron chi connectivity index (χ4n) is 3.18. The Balaban J connectivity index is 2.06. The lowest BCUT2D eigenvalue weighted by Gasteiger charge is -2.23. The van der Waals surface area contributed by atoms with Crippen molar-refractivity contribution in [2.75, 3.05) is 0 Å². The van der Waals surface area contributed by atoms with Crippen molar-refractivity contribution in [3.63, 3.8) is 0 Å². The largest absolute Gasteiger partial charge is 0.322 e. The Kier molecular flexibility index (Phi) is 5.09. The number of nitrogens with zero attached hydrogens (tertiary/aromatic N) is 1. The first-order valence-electron chi connectivity index (χ1n) is 8.37. The van der Waals surface area contributed by atoms with Crippen molar-refractivity contribution in [1.29, 1.82) is 5.26 Å². The van der Waals surface area contributed by atoms with E-state index in [0.717, 1.165) is 27.6 Å². The van der Waals surface area contributed by atoms with Gasteiger partial charge in [0.25, 0.3) is 5.56 Å². The molecule has 0 spiro atoms. The molecule has 0 saturated carbocycles. The van der Waals surface area contributed by atoms with E-state index in [2.05, 4.69) is 11.1 Å². The minimum absolute atomic E-state index is 0.0857. The molecule has 0 fully saturated rings. The number of benzene rings is 2. The van der Waals surface area contributed by atoms with Crippen molar-refractivity contribution >= 4 is 34.1 Å². The Hall–Kier alpha value is -2.28. The van der Waals surface area contributed by atoms with Crippen LogP contribution in [0.15, 0.2) is 47.3 Å². The molecule has 0 aliphatic rings. The highest BCUT2D eigenvalue weighted by molar-refractivity contribution is 6.34. The van der Waals surface area contributed by atoms with Crippen LogP contribution in [0.2, 0.25) is 10.0 Å². The highest BCUT2D eigenvalue weighted by atomic mass is 35.5. The molecule has 1 atom stereocenters. The Morgan fingerprint density at radius 3 is 2.42 bits per heavy atom. The lowest BCUT2D eigenvalue weighted by atomic mass is 9.78. The van der Waals surface area contributed by atoms with Crippen LogP contribution in [-0.4, -0.2) is 4.98 Å². The zero-order chi connectivity index (χ0) is 18.9. The number of nitriles is 1. The summed E-state index contributed by atoms with van der Waals surface area (Å²) >= 11 is 12.2. The predicted molar refractivity (Wildman–Crippen MR) is 107 cm³/mol. The smallest absolute Gasteiger partial charge is 0.251 e. The molecule has 1 heterocycles. The van der Waals surface area contributed by atoms with E-state index in [1.165, 1.54) is 0 Å². The molecule has 0 aliphatic heterocycles. The number of nitrogens with one attached hydrogen (secondary N) is 1. The lowest BCUT2D eigenvalue weighted by Crippen LogP contribution is -2.23. The van der Waals surface area contributed by atoms with Crippen molar-refractivity contribution in [2.24, 2.45) is 0 Å². The molecule has 0 bridgehead atoms. The van der Waals surface area contributed by atoms with Gasteiger partial charge in [0.15, 0.2) is 0 Å². The predicted octanol–water partition coefficient (Wildman–Crippen LogP) is 5.42. The van der Waals surface area contributed by atoms with Crippen molar-refractivity contribution in [1.82, 2.24) is 4.98 Å². The van der Waals surface area contributed by atoms with Gasteiger partial charge < -0.3 is 4.98 Å². The summed E-state index contributed by atoms with van der Waals surface area (Å²) in [5, 5.41) is 11.9. The van der Waals surface area contributed by atoms with Gasteiger partial charge in [0, 0.05) is 21.1 Å². The minimum Gasteiger partial charge on any atom is -0.322 e. The van der Waals surface area contributed by atoms with E-state index in [1.807, 2.05) is 50.2 Å². The van der Waals surface area contributed by atoms with Gasteiger partial charge in [-0.3, -0.25) is 4.79 Å². The molecule has 0 aliphatic carbocycles. The first-order valence-corrected chi connectivity index (χ1v) is 9.13. The van der Waals surface area contributed by atoms with Crippen LogP contribution in [0.3, 0.4) is 0 Å². The fraction of sp³-hybridized carbons (Fsp3) is 0.238. The standard InChI is InChI=1S/C21H18Cl2N2O/c1-3-14-8-15-4-5-16(9-19(15)25-20(14)26)21(2,12-24)11-13-6-17(22)10-18(23)7-13/h4-10H,3,11H2,1-2H3,(H,25,26). The Morgan fingerprint density at radius 1 is 1.12 bits per heavy atom. The van der Waals surface area contributed by atoms with Crippen molar-refractivity contribution in [3.8, 4) is 6.07 Å². The highest BCUT2D eigenvalue weighted by Gasteiger charge is 2.27. The van der Waals surface area contributed by atoms with Crippen LogP contribution >= 0.6 is 23.2 Å². The van der Waals surface area contributed by atoms with E-state index in [9.17, 15) is 10.1 Å². The fourth-order valence-corrected chi connectivity index (χ4v) is 3.75. The number of aryl methyl sites for hydroxylation is 1. The summed E-state index contributed by atoms with van der Waals surface area (Å²) in [4.78, 5) is 15.0. The van der Waals surface area contributed by atoms with Gasteiger partial charge in [-0.05, 0) is 66.6 Å². The van der Waals surface area contributed by atoms with E-state index in [-0.39, 0.29) is 5.56 Å². The second-order valence-electron chi connectivity index (χ2n) is 6.68. The summed E-state index contributed by atoms with van der Waals surface area (Å²) in [6.45, 7) is 3.83. The second kappa shape index (κ2) is 7.15. The highest BCUT2D eigenvalue weighted by Crippen LogP contribution is 2.31. The average Bonchev–Trinajstić information content (AvgIpc) is 2.59. The van der Waals surface area contributed by atoms with Crippen LogP contribution in [0.1, 0.15) is 30.5 Å². The number of rotatable bonds is 4. The zero-order valence-electron chi connectivity index (χ0n) is 14.6. The first-order chi connectivity index (χ1) is 12.3. The van der Waals surface area contributed by atoms with Crippen molar-refractivity contribution in [2.45, 2.75) is 32.1 Å². The number of hydrogen-bond donors (Lipinski definition) is 1. The summed E-state index contributed by atoms with van der Waals surface area (Å²) in [6.07, 6.45) is 1.14. The van der Waals surface area contributed by atoms with Gasteiger partial charge in [0.1, 0.15) is 0 Å². The van der Waals surface area contributed by atoms with Crippen LogP contribution in [0, 0.1) is 11.3 Å². The maximum Gasteiger partial charge on any atom is 0.251 e. The summed E-state index contributed by atoms with van der Waals surface area (Å²) in [5.41, 5.74) is 2.35. The van der Waals surface area contributed by atoms with Crippen LogP contribution in [0.4, 0.5) is 0 Å². The van der Waals surface area contributed by atoms with E-state index in [4.69, 9.17) is 23.2 Å². The molecule has 0 amide bonds. The van der Waals surface area contributed by atoms with E-state index >= 15 is 0 Å². The van der Waals surface area contributed by atoms with Crippen LogP contribution in [-0.2, 0) is 18.3 Å². The third-order valence-electron chi connectivity index (χ3n) is 4.67. The summed E-state index contributed by atoms with van der Waals surface area (Å²) < 4.78 is 0. The molecule has 132 valence electrons.